The number of alkyl halides is 2. The quantitative estimate of drug-likeness (QED) is 0.114. The highest BCUT2D eigenvalue weighted by Gasteiger charge is 2.42. The fourth-order valence-corrected chi connectivity index (χ4v) is 22.9. The van der Waals surface area contributed by atoms with Crippen LogP contribution in [0, 0.1) is 0 Å². The smallest absolute Gasteiger partial charge is 0.264 e. The molecule has 20 nitrogen and oxygen atoms in total. The SMILES string of the molecule is CC(C)N1CCc2noc(C3Cc4cc(Cl)cc(-c5ccnc6ccsc56)c4O3)c2C1.CC(F)(F)CN1CCc2noc(C3Cc4cc(Cl)cc(-c5ccnc6ccsc56)c4O3)c2C1.CN(C)C1CCN(C(=O)C2Cc3cc(Cl)cc(-c4ccnc5ccsc45)c3O2)CC1.CNC1CCCN(C(=O)C2Cc3cc(Cl)cc(-c4ccnc5ccsc45)c3O2)C1. The molecule has 0 bridgehead atoms. The van der Waals surface area contributed by atoms with E-state index < -0.39 is 18.1 Å². The average Bonchev–Trinajstić information content (AvgIpc) is 1.63. The summed E-state index contributed by atoms with van der Waals surface area (Å²) in [6.07, 6.45) is 13.8. The van der Waals surface area contributed by atoms with E-state index in [0.29, 0.717) is 82.7 Å². The highest BCUT2D eigenvalue weighted by atomic mass is 35.5. The second kappa shape index (κ2) is 34.9. The first-order valence-corrected chi connectivity index (χ1v) is 46.6. The van der Waals surface area contributed by atoms with Gasteiger partial charge in [0.25, 0.3) is 17.7 Å². The van der Waals surface area contributed by atoms with E-state index in [0.717, 1.165) is 238 Å². The molecule has 1 N–H and O–H groups in total. The molecule has 123 heavy (non-hydrogen) atoms. The molecule has 634 valence electrons. The van der Waals surface area contributed by atoms with Crippen molar-refractivity contribution < 1.29 is 46.4 Å². The molecular formula is C93H88Cl4F2N12O8S4. The molecule has 5 atom stereocenters. The maximum atomic E-state index is 13.6. The standard InChI is InChI=1S/C24H20ClF2N3O2S.C24H22ClN3O2S.C23H24ClN3O2S.C22H22ClN3O2S/c1-24(26,27)12-30-6-3-18-17(11-30)22(32-29-18)20-9-13-8-14(25)10-16(21(13)31-20)15-2-5-28-19-4-7-33-23(15)19;1-13(2)28-7-4-19-18(12-28)23(30-27-19)21-10-14-9-15(25)11-17(22(14)29-21)16-3-6-26-20-5-8-31-24(16)20;1-26(2)16-4-8-27(9-5-16)23(28)20-12-14-11-15(24)13-18(21(14)29-20)17-3-7-25-19-6-10-30-22(17)19;1-24-15-3-2-7-26(12-15)22(27)19-10-13-9-14(23)11-17(20(13)28-19)16-4-6-25-18-5-8-29-21(16)18/h2,4-5,7-8,10,20H,3,6,9,11-12H2,1H3;3,5-6,8-9,11,13,21H,4,7,10,12H2,1-2H3;3,6-7,10-11,13,16,20H,4-5,8-9,12H2,1-2H3;4-6,8-9,11,15,19,24H,2-3,7,10,12H2,1H3. The molecule has 0 spiro atoms. The number of amides is 2. The number of halogens is 6. The summed E-state index contributed by atoms with van der Waals surface area (Å²) in [5.74, 6) is 2.08. The van der Waals surface area contributed by atoms with Crippen LogP contribution in [0.4, 0.5) is 8.78 Å². The lowest BCUT2D eigenvalue weighted by Crippen LogP contribution is -2.50. The van der Waals surface area contributed by atoms with E-state index in [1.54, 1.807) is 62.6 Å². The Morgan fingerprint density at radius 2 is 0.911 bits per heavy atom. The van der Waals surface area contributed by atoms with Crippen molar-refractivity contribution in [2.24, 2.45) is 0 Å². The maximum Gasteiger partial charge on any atom is 0.264 e. The number of aromatic nitrogens is 6. The van der Waals surface area contributed by atoms with Gasteiger partial charge in [-0.25, -0.2) is 8.78 Å². The van der Waals surface area contributed by atoms with Gasteiger partial charge in [-0.3, -0.25) is 39.3 Å². The molecule has 14 aromatic rings. The predicted octanol–water partition coefficient (Wildman–Crippen LogP) is 20.9. The Kier molecular flexibility index (Phi) is 23.7. The number of hydrogen-bond acceptors (Lipinski definition) is 22. The third kappa shape index (κ3) is 16.9. The number of fused-ring (bicyclic) bond motifs is 10. The summed E-state index contributed by atoms with van der Waals surface area (Å²) in [5, 5.41) is 22.7. The van der Waals surface area contributed by atoms with Crippen LogP contribution in [-0.2, 0) is 61.2 Å². The van der Waals surface area contributed by atoms with Crippen molar-refractivity contribution in [3.05, 3.63) is 220 Å². The first-order chi connectivity index (χ1) is 59.6. The van der Waals surface area contributed by atoms with E-state index in [9.17, 15) is 18.4 Å². The number of benzene rings is 4. The molecule has 2 amide bonds. The average molecular weight is 1810 g/mol. The third-order valence-corrected chi connectivity index (χ3v) is 29.2. The van der Waals surface area contributed by atoms with Crippen molar-refractivity contribution in [3.8, 4) is 67.5 Å². The number of rotatable bonds is 13. The number of likely N-dealkylation sites (tertiary alicyclic amines) is 2. The summed E-state index contributed by atoms with van der Waals surface area (Å²) in [7, 11) is 6.16. The van der Waals surface area contributed by atoms with Gasteiger partial charge in [0.15, 0.2) is 35.9 Å². The van der Waals surface area contributed by atoms with Crippen molar-refractivity contribution in [2.45, 2.75) is 147 Å². The van der Waals surface area contributed by atoms with Crippen LogP contribution >= 0.6 is 91.8 Å². The van der Waals surface area contributed by atoms with Crippen LogP contribution in [0.5, 0.6) is 23.0 Å². The van der Waals surface area contributed by atoms with Crippen LogP contribution in [0.3, 0.4) is 0 Å². The van der Waals surface area contributed by atoms with Crippen molar-refractivity contribution >= 4 is 144 Å². The Hall–Kier alpha value is -9.26. The Balaban J connectivity index is 0.000000108. The van der Waals surface area contributed by atoms with Gasteiger partial charge in [0, 0.05) is 239 Å². The highest BCUT2D eigenvalue weighted by Crippen LogP contribution is 2.52. The van der Waals surface area contributed by atoms with Crippen molar-refractivity contribution in [1.82, 2.24) is 60.1 Å². The van der Waals surface area contributed by atoms with E-state index in [1.807, 2.05) is 142 Å². The molecule has 0 radical (unpaired) electrons. The van der Waals surface area contributed by atoms with Gasteiger partial charge >= 0.3 is 0 Å². The van der Waals surface area contributed by atoms with Gasteiger partial charge < -0.3 is 48.0 Å². The van der Waals surface area contributed by atoms with Crippen LogP contribution < -0.4 is 24.3 Å². The molecule has 2 fully saturated rings. The number of likely N-dealkylation sites (N-methyl/N-ethyl adjacent to an activating group) is 1. The zero-order chi connectivity index (χ0) is 84.6. The monoisotopic (exact) mass is 1810 g/mol. The summed E-state index contributed by atoms with van der Waals surface area (Å²) < 4.78 is 68.7. The number of thiophene rings is 4. The van der Waals surface area contributed by atoms with E-state index in [4.69, 9.17) is 74.4 Å². The Bertz CT molecular complexity index is 6360. The molecule has 2 saturated heterocycles. The molecule has 18 heterocycles. The minimum Gasteiger partial charge on any atom is -0.481 e. The molecule has 4 aromatic carbocycles. The van der Waals surface area contributed by atoms with E-state index in [2.05, 4.69) is 78.7 Å². The molecule has 5 unspecified atom stereocenters. The first kappa shape index (κ1) is 83.3. The fraction of sp³-hybridized carbons (Fsp3) is 0.355. The van der Waals surface area contributed by atoms with E-state index in [-0.39, 0.29) is 30.6 Å². The minimum absolute atomic E-state index is 0.0687. The lowest BCUT2D eigenvalue weighted by Gasteiger charge is -2.36. The summed E-state index contributed by atoms with van der Waals surface area (Å²) in [6.45, 7) is 11.0. The molecule has 8 aliphatic heterocycles. The van der Waals surface area contributed by atoms with E-state index >= 15 is 0 Å². The number of nitrogens with zero attached hydrogens (tertiary/aromatic N) is 11. The zero-order valence-electron chi connectivity index (χ0n) is 68.4. The van der Waals surface area contributed by atoms with Gasteiger partial charge in [-0.15, -0.1) is 45.3 Å². The number of ether oxygens (including phenoxy) is 4. The molecule has 22 rings (SSSR count). The van der Waals surface area contributed by atoms with Crippen LogP contribution in [0.2, 0.25) is 20.1 Å². The molecule has 10 aromatic heterocycles. The fourth-order valence-electron chi connectivity index (χ4n) is 18.4. The molecule has 8 aliphatic rings. The van der Waals surface area contributed by atoms with Gasteiger partial charge in [0.2, 0.25) is 0 Å². The second-order valence-electron chi connectivity index (χ2n) is 33.2. The normalized spacial score (nSPS) is 19.3. The van der Waals surface area contributed by atoms with Crippen LogP contribution in [-0.4, -0.2) is 170 Å². The number of nitrogens with one attached hydrogen (secondary N) is 1. The van der Waals surface area contributed by atoms with Gasteiger partial charge in [-0.2, -0.15) is 0 Å². The lowest BCUT2D eigenvalue weighted by atomic mass is 9.98. The first-order valence-electron chi connectivity index (χ1n) is 41.6. The molecular weight excluding hydrogens is 1720 g/mol. The Morgan fingerprint density at radius 3 is 1.32 bits per heavy atom. The van der Waals surface area contributed by atoms with Gasteiger partial charge in [-0.1, -0.05) is 56.7 Å². The Labute approximate surface area is 745 Å². The number of carbonyl (C=O) groups excluding carboxylic acids is 2. The van der Waals surface area contributed by atoms with Gasteiger partial charge in [-0.05, 0) is 179 Å². The van der Waals surface area contributed by atoms with Gasteiger partial charge in [0.05, 0.1) is 58.8 Å². The van der Waals surface area contributed by atoms with Gasteiger partial charge in [0.1, 0.15) is 23.0 Å². The summed E-state index contributed by atoms with van der Waals surface area (Å²) in [5.41, 5.74) is 19.9. The molecule has 0 aliphatic carbocycles. The largest absolute Gasteiger partial charge is 0.481 e. The maximum absolute atomic E-state index is 13.6. The number of piperidine rings is 2. The van der Waals surface area contributed by atoms with Crippen molar-refractivity contribution in [2.75, 3.05) is 67.0 Å². The molecule has 30 heteroatoms. The zero-order valence-corrected chi connectivity index (χ0v) is 74.7. The van der Waals surface area contributed by atoms with Crippen molar-refractivity contribution in [3.63, 3.8) is 0 Å². The Morgan fingerprint density at radius 1 is 0.512 bits per heavy atom. The summed E-state index contributed by atoms with van der Waals surface area (Å²) >= 11 is 32.5. The highest BCUT2D eigenvalue weighted by molar-refractivity contribution is 7.18. The number of hydrogen-bond donors (Lipinski definition) is 1. The third-order valence-electron chi connectivity index (χ3n) is 24.6. The summed E-state index contributed by atoms with van der Waals surface area (Å²) in [6, 6.07) is 33.0. The van der Waals surface area contributed by atoms with Crippen LogP contribution in [0.1, 0.15) is 115 Å². The number of pyridine rings is 4. The number of carbonyl (C=O) groups is 2. The van der Waals surface area contributed by atoms with Crippen LogP contribution in [0.15, 0.2) is 152 Å². The van der Waals surface area contributed by atoms with Crippen molar-refractivity contribution in [1.29, 1.82) is 0 Å². The van der Waals surface area contributed by atoms with Crippen LogP contribution in [0.25, 0.3) is 85.4 Å². The minimum atomic E-state index is -2.75. The second-order valence-corrected chi connectivity index (χ2v) is 38.6. The predicted molar refractivity (Wildman–Crippen MR) is 484 cm³/mol. The lowest BCUT2D eigenvalue weighted by molar-refractivity contribution is -0.140. The topological polar surface area (TPSA) is 203 Å². The summed E-state index contributed by atoms with van der Waals surface area (Å²) in [4.78, 5) is 54.5. The molecule has 0 saturated carbocycles. The van der Waals surface area contributed by atoms with E-state index in [1.165, 1.54) is 5.56 Å².